The second-order valence-corrected chi connectivity index (χ2v) is 7.35. The molecule has 1 fully saturated rings. The molecule has 2 nitrogen and oxygen atoms in total. The molecule has 1 N–H and O–H groups in total. The average Bonchev–Trinajstić information content (AvgIpc) is 2.84. The Morgan fingerprint density at radius 2 is 1.89 bits per heavy atom. The minimum Gasteiger partial charge on any atom is -0.373 e. The maximum Gasteiger partial charge on any atom is 0.0813 e. The van der Waals surface area contributed by atoms with Crippen LogP contribution in [-0.2, 0) is 17.9 Å². The van der Waals surface area contributed by atoms with Gasteiger partial charge in [-0.3, -0.25) is 0 Å². The summed E-state index contributed by atoms with van der Waals surface area (Å²) in [6.45, 7) is 8.49. The van der Waals surface area contributed by atoms with Crippen molar-refractivity contribution in [2.24, 2.45) is 5.92 Å². The summed E-state index contributed by atoms with van der Waals surface area (Å²) in [5, 5.41) is 3.46. The van der Waals surface area contributed by atoms with Crippen molar-refractivity contribution in [3.63, 3.8) is 0 Å². The molecule has 0 bridgehead atoms. The summed E-state index contributed by atoms with van der Waals surface area (Å²) in [6, 6.07) is 4.99. The van der Waals surface area contributed by atoms with E-state index in [9.17, 15) is 0 Å². The molecule has 0 atom stereocenters. The summed E-state index contributed by atoms with van der Waals surface area (Å²) in [7, 11) is 0. The number of nitrogens with one attached hydrogen (secondary N) is 1. The van der Waals surface area contributed by atoms with Crippen LogP contribution >= 0.6 is 11.3 Å². The molecule has 108 valence electrons. The van der Waals surface area contributed by atoms with Gasteiger partial charge in [-0.25, -0.2) is 0 Å². The van der Waals surface area contributed by atoms with Gasteiger partial charge in [-0.1, -0.05) is 20.8 Å². The molecule has 0 unspecified atom stereocenters. The van der Waals surface area contributed by atoms with Crippen LogP contribution < -0.4 is 5.32 Å². The van der Waals surface area contributed by atoms with Gasteiger partial charge < -0.3 is 10.1 Å². The van der Waals surface area contributed by atoms with Crippen LogP contribution in [0.4, 0.5) is 0 Å². The molecular weight excluding hydrogens is 254 g/mol. The maximum atomic E-state index is 6.05. The first-order valence-corrected chi connectivity index (χ1v) is 8.37. The summed E-state index contributed by atoms with van der Waals surface area (Å²) >= 11 is 1.88. The second-order valence-electron chi connectivity index (χ2n) is 6.10. The molecule has 0 aromatic carbocycles. The van der Waals surface area contributed by atoms with Crippen molar-refractivity contribution in [3.8, 4) is 0 Å². The standard InChI is InChI=1S/C16H27NOS/c1-12(2)17-10-15-8-9-16(19-15)11-18-14-6-4-13(3)5-7-14/h8-9,12-14,17H,4-7,10-11H2,1-3H3. The van der Waals surface area contributed by atoms with E-state index in [4.69, 9.17) is 4.74 Å². The average molecular weight is 281 g/mol. The van der Waals surface area contributed by atoms with E-state index in [-0.39, 0.29) is 0 Å². The van der Waals surface area contributed by atoms with Crippen LogP contribution in [0, 0.1) is 5.92 Å². The SMILES string of the molecule is CC1CCC(OCc2ccc(CNC(C)C)s2)CC1. The normalized spacial score (nSPS) is 24.0. The lowest BCUT2D eigenvalue weighted by Gasteiger charge is -2.26. The first-order valence-electron chi connectivity index (χ1n) is 7.56. The van der Waals surface area contributed by atoms with Gasteiger partial charge in [-0.2, -0.15) is 0 Å². The Balaban J connectivity index is 1.71. The molecule has 2 rings (SSSR count). The van der Waals surface area contributed by atoms with E-state index in [0.29, 0.717) is 12.1 Å². The first-order chi connectivity index (χ1) is 9.13. The minimum absolute atomic E-state index is 0.496. The van der Waals surface area contributed by atoms with Crippen molar-refractivity contribution >= 4 is 11.3 Å². The van der Waals surface area contributed by atoms with E-state index in [2.05, 4.69) is 38.2 Å². The number of ether oxygens (including phenoxy) is 1. The Morgan fingerprint density at radius 1 is 1.21 bits per heavy atom. The van der Waals surface area contributed by atoms with Gasteiger partial charge in [0.05, 0.1) is 12.7 Å². The molecule has 0 radical (unpaired) electrons. The van der Waals surface area contributed by atoms with Crippen molar-refractivity contribution in [1.29, 1.82) is 0 Å². The molecule has 0 spiro atoms. The molecule has 1 aliphatic rings. The van der Waals surface area contributed by atoms with Gasteiger partial charge in [0.2, 0.25) is 0 Å². The van der Waals surface area contributed by atoms with E-state index < -0.39 is 0 Å². The van der Waals surface area contributed by atoms with Crippen LogP contribution in [0.2, 0.25) is 0 Å². The topological polar surface area (TPSA) is 21.3 Å². The number of rotatable bonds is 6. The molecule has 1 aliphatic carbocycles. The fraction of sp³-hybridized carbons (Fsp3) is 0.750. The molecular formula is C16H27NOS. The van der Waals surface area contributed by atoms with Crippen LogP contribution in [-0.4, -0.2) is 12.1 Å². The highest BCUT2D eigenvalue weighted by Gasteiger charge is 2.18. The van der Waals surface area contributed by atoms with E-state index >= 15 is 0 Å². The van der Waals surface area contributed by atoms with Gasteiger partial charge in [-0.05, 0) is 43.7 Å². The molecule has 3 heteroatoms. The Kier molecular flexibility index (Phi) is 5.86. The molecule has 0 amide bonds. The number of hydrogen-bond donors (Lipinski definition) is 1. The van der Waals surface area contributed by atoms with Gasteiger partial charge in [0.25, 0.3) is 0 Å². The zero-order valence-corrected chi connectivity index (χ0v) is 13.3. The molecule has 19 heavy (non-hydrogen) atoms. The highest BCUT2D eigenvalue weighted by atomic mass is 32.1. The van der Waals surface area contributed by atoms with E-state index in [0.717, 1.165) is 19.1 Å². The Bertz CT molecular complexity index is 367. The van der Waals surface area contributed by atoms with E-state index in [1.54, 1.807) is 0 Å². The quantitative estimate of drug-likeness (QED) is 0.837. The lowest BCUT2D eigenvalue weighted by molar-refractivity contribution is 0.0100. The zero-order valence-electron chi connectivity index (χ0n) is 12.4. The Morgan fingerprint density at radius 3 is 2.58 bits per heavy atom. The van der Waals surface area contributed by atoms with Crippen molar-refractivity contribution in [2.75, 3.05) is 0 Å². The molecule has 1 heterocycles. The van der Waals surface area contributed by atoms with E-state index in [1.165, 1.54) is 35.4 Å². The van der Waals surface area contributed by atoms with Crippen LogP contribution in [0.15, 0.2) is 12.1 Å². The fourth-order valence-corrected chi connectivity index (χ4v) is 3.39. The van der Waals surface area contributed by atoms with Crippen molar-refractivity contribution < 1.29 is 4.74 Å². The Hall–Kier alpha value is -0.380. The summed E-state index contributed by atoms with van der Waals surface area (Å²) in [4.78, 5) is 2.77. The molecule has 1 aromatic rings. The van der Waals surface area contributed by atoms with Crippen LogP contribution in [0.1, 0.15) is 56.2 Å². The Labute approximate surface area is 121 Å². The molecule has 1 aromatic heterocycles. The lowest BCUT2D eigenvalue weighted by Crippen LogP contribution is -2.21. The van der Waals surface area contributed by atoms with Gasteiger partial charge in [0.15, 0.2) is 0 Å². The molecule has 0 saturated heterocycles. The fourth-order valence-electron chi connectivity index (χ4n) is 2.50. The molecule has 0 aliphatic heterocycles. The van der Waals surface area contributed by atoms with Crippen LogP contribution in [0.5, 0.6) is 0 Å². The monoisotopic (exact) mass is 281 g/mol. The third-order valence-electron chi connectivity index (χ3n) is 3.83. The van der Waals surface area contributed by atoms with Crippen LogP contribution in [0.3, 0.4) is 0 Å². The second kappa shape index (κ2) is 7.41. The smallest absolute Gasteiger partial charge is 0.0813 e. The van der Waals surface area contributed by atoms with Crippen LogP contribution in [0.25, 0.3) is 0 Å². The summed E-state index contributed by atoms with van der Waals surface area (Å²) in [5.41, 5.74) is 0. The van der Waals surface area contributed by atoms with Gasteiger partial charge in [-0.15, -0.1) is 11.3 Å². The van der Waals surface area contributed by atoms with Gasteiger partial charge in [0, 0.05) is 22.3 Å². The van der Waals surface area contributed by atoms with Gasteiger partial charge in [0.1, 0.15) is 0 Å². The number of thiophene rings is 1. The predicted molar refractivity (Wildman–Crippen MR) is 82.5 cm³/mol. The predicted octanol–water partition coefficient (Wildman–Crippen LogP) is 4.34. The number of hydrogen-bond acceptors (Lipinski definition) is 3. The summed E-state index contributed by atoms with van der Waals surface area (Å²) in [6.07, 6.45) is 5.65. The third kappa shape index (κ3) is 5.25. The molecule has 1 saturated carbocycles. The highest BCUT2D eigenvalue weighted by molar-refractivity contribution is 7.11. The minimum atomic E-state index is 0.496. The highest BCUT2D eigenvalue weighted by Crippen LogP contribution is 2.27. The van der Waals surface area contributed by atoms with Gasteiger partial charge >= 0.3 is 0 Å². The largest absolute Gasteiger partial charge is 0.373 e. The maximum absolute atomic E-state index is 6.05. The lowest BCUT2D eigenvalue weighted by atomic mass is 9.89. The van der Waals surface area contributed by atoms with Crippen molar-refractivity contribution in [3.05, 3.63) is 21.9 Å². The van der Waals surface area contributed by atoms with Crippen molar-refractivity contribution in [1.82, 2.24) is 5.32 Å². The third-order valence-corrected chi connectivity index (χ3v) is 4.88. The summed E-state index contributed by atoms with van der Waals surface area (Å²) < 4.78 is 6.05. The zero-order chi connectivity index (χ0) is 13.7. The summed E-state index contributed by atoms with van der Waals surface area (Å²) in [5.74, 6) is 0.898. The first kappa shape index (κ1) is 15.0. The van der Waals surface area contributed by atoms with E-state index in [1.807, 2.05) is 11.3 Å². The van der Waals surface area contributed by atoms with Crippen molar-refractivity contribution in [2.45, 2.75) is 71.8 Å².